The number of hydrogen-bond donors (Lipinski definition) is 1. The Labute approximate surface area is 219 Å². The van der Waals surface area contributed by atoms with Crippen LogP contribution in [-0.4, -0.2) is 64.7 Å². The number of aromatic nitrogens is 3. The first kappa shape index (κ1) is 27.9. The van der Waals surface area contributed by atoms with E-state index in [1.54, 1.807) is 9.80 Å². The van der Waals surface area contributed by atoms with Crippen molar-refractivity contribution in [2.24, 2.45) is 0 Å². The van der Waals surface area contributed by atoms with E-state index in [0.717, 1.165) is 17.7 Å². The zero-order chi connectivity index (χ0) is 28.0. The van der Waals surface area contributed by atoms with E-state index in [1.165, 1.54) is 12.1 Å². The summed E-state index contributed by atoms with van der Waals surface area (Å²) >= 11 is 0. The van der Waals surface area contributed by atoms with Crippen LogP contribution in [0.5, 0.6) is 6.01 Å². The highest BCUT2D eigenvalue weighted by molar-refractivity contribution is 5.76. The molecule has 0 spiro atoms. The number of hydrogen-bond acceptors (Lipinski definition) is 7. The second kappa shape index (κ2) is 11.7. The van der Waals surface area contributed by atoms with E-state index >= 15 is 0 Å². The minimum atomic E-state index is -4.66. The minimum absolute atomic E-state index is 0.0300. The van der Waals surface area contributed by atoms with Gasteiger partial charge in [0.05, 0.1) is 5.56 Å². The Bertz CT molecular complexity index is 1260. The van der Waals surface area contributed by atoms with Gasteiger partial charge in [0.25, 0.3) is 0 Å². The predicted molar refractivity (Wildman–Crippen MR) is 130 cm³/mol. The van der Waals surface area contributed by atoms with Gasteiger partial charge in [0.1, 0.15) is 0 Å². The van der Waals surface area contributed by atoms with E-state index < -0.39 is 30.5 Å². The third-order valence-electron chi connectivity index (χ3n) is 5.80. The number of benzene rings is 2. The van der Waals surface area contributed by atoms with Crippen molar-refractivity contribution in [2.45, 2.75) is 25.2 Å². The summed E-state index contributed by atoms with van der Waals surface area (Å²) in [5, 5.41) is 2.58. The van der Waals surface area contributed by atoms with Crippen molar-refractivity contribution in [3.63, 3.8) is 0 Å². The number of halogens is 6. The van der Waals surface area contributed by atoms with Crippen molar-refractivity contribution in [3.05, 3.63) is 65.7 Å². The standard InChI is InChI=1S/C25H24F6N6O2/c26-24(27,28)16-39-23-34-21(32-19-8-4-7-18(15-19)25(29,30)31)33-22(35-23)37-13-11-36(12-14-37)20(38)10-9-17-5-2-1-3-6-17/h1-8,15H,9-14,16H2,(H,32,33,34,35). The molecule has 208 valence electrons. The topological polar surface area (TPSA) is 83.5 Å². The fraction of sp³-hybridized carbons (Fsp3) is 0.360. The normalized spacial score (nSPS) is 14.3. The molecule has 0 atom stereocenters. The first-order valence-electron chi connectivity index (χ1n) is 11.9. The lowest BCUT2D eigenvalue weighted by Crippen LogP contribution is -2.49. The number of piperazine rings is 1. The van der Waals surface area contributed by atoms with Gasteiger partial charge in [-0.3, -0.25) is 4.79 Å². The molecular weight excluding hydrogens is 530 g/mol. The van der Waals surface area contributed by atoms with Gasteiger partial charge in [-0.2, -0.15) is 41.3 Å². The van der Waals surface area contributed by atoms with Gasteiger partial charge in [0, 0.05) is 38.3 Å². The zero-order valence-corrected chi connectivity index (χ0v) is 20.5. The number of nitrogens with zero attached hydrogens (tertiary/aromatic N) is 5. The van der Waals surface area contributed by atoms with E-state index in [0.29, 0.717) is 25.9 Å². The van der Waals surface area contributed by atoms with E-state index in [-0.39, 0.29) is 36.6 Å². The Kier molecular flexibility index (Phi) is 8.41. The Morgan fingerprint density at radius 3 is 2.28 bits per heavy atom. The number of anilines is 3. The summed E-state index contributed by atoms with van der Waals surface area (Å²) in [7, 11) is 0. The minimum Gasteiger partial charge on any atom is -0.454 e. The zero-order valence-electron chi connectivity index (χ0n) is 20.5. The van der Waals surface area contributed by atoms with Crippen LogP contribution < -0.4 is 15.0 Å². The fourth-order valence-corrected chi connectivity index (χ4v) is 3.87. The summed E-state index contributed by atoms with van der Waals surface area (Å²) in [5.41, 5.74) is 0.0859. The second-order valence-corrected chi connectivity index (χ2v) is 8.70. The molecule has 3 aromatic rings. The Balaban J connectivity index is 1.46. The summed E-state index contributed by atoms with van der Waals surface area (Å²) in [5.74, 6) is -0.360. The number of amides is 1. The number of aryl methyl sites for hydroxylation is 1. The maximum absolute atomic E-state index is 13.1. The van der Waals surface area contributed by atoms with E-state index in [1.807, 2.05) is 30.3 Å². The molecule has 1 fully saturated rings. The lowest BCUT2D eigenvalue weighted by atomic mass is 10.1. The van der Waals surface area contributed by atoms with Crippen molar-refractivity contribution in [1.82, 2.24) is 19.9 Å². The molecule has 0 saturated carbocycles. The van der Waals surface area contributed by atoms with Gasteiger partial charge in [0.2, 0.25) is 17.8 Å². The van der Waals surface area contributed by atoms with Crippen molar-refractivity contribution < 1.29 is 35.9 Å². The summed E-state index contributed by atoms with van der Waals surface area (Å²) in [6.45, 7) is -0.447. The van der Waals surface area contributed by atoms with E-state index in [9.17, 15) is 31.1 Å². The van der Waals surface area contributed by atoms with Gasteiger partial charge in [-0.25, -0.2) is 0 Å². The highest BCUT2D eigenvalue weighted by Crippen LogP contribution is 2.31. The van der Waals surface area contributed by atoms with E-state index in [4.69, 9.17) is 4.74 Å². The van der Waals surface area contributed by atoms with Crippen LogP contribution >= 0.6 is 0 Å². The van der Waals surface area contributed by atoms with Crippen LogP contribution in [-0.2, 0) is 17.4 Å². The highest BCUT2D eigenvalue weighted by atomic mass is 19.4. The molecule has 0 radical (unpaired) electrons. The second-order valence-electron chi connectivity index (χ2n) is 8.70. The van der Waals surface area contributed by atoms with Crippen LogP contribution in [0.2, 0.25) is 0 Å². The molecule has 1 amide bonds. The lowest BCUT2D eigenvalue weighted by molar-refractivity contribution is -0.154. The van der Waals surface area contributed by atoms with Crippen LogP contribution in [0.15, 0.2) is 54.6 Å². The molecular formula is C25H24F6N6O2. The number of carbonyl (C=O) groups excluding carboxylic acids is 1. The van der Waals surface area contributed by atoms with Crippen LogP contribution in [0.4, 0.5) is 43.9 Å². The molecule has 14 heteroatoms. The molecule has 0 bridgehead atoms. The SMILES string of the molecule is O=C(CCc1ccccc1)N1CCN(c2nc(Nc3cccc(C(F)(F)F)c3)nc(OCC(F)(F)F)n2)CC1. The van der Waals surface area contributed by atoms with Crippen molar-refractivity contribution in [3.8, 4) is 6.01 Å². The molecule has 1 N–H and O–H groups in total. The van der Waals surface area contributed by atoms with Gasteiger partial charge in [0.15, 0.2) is 6.61 Å². The fourth-order valence-electron chi connectivity index (χ4n) is 3.87. The quantitative estimate of drug-likeness (QED) is 0.399. The van der Waals surface area contributed by atoms with Crippen molar-refractivity contribution >= 4 is 23.5 Å². The number of rotatable bonds is 8. The molecule has 8 nitrogen and oxygen atoms in total. The van der Waals surface area contributed by atoms with Gasteiger partial charge >= 0.3 is 18.4 Å². The van der Waals surface area contributed by atoms with Crippen LogP contribution in [0.3, 0.4) is 0 Å². The number of nitrogens with one attached hydrogen (secondary N) is 1. The first-order chi connectivity index (χ1) is 18.5. The molecule has 0 unspecified atom stereocenters. The Morgan fingerprint density at radius 2 is 1.62 bits per heavy atom. The monoisotopic (exact) mass is 554 g/mol. The van der Waals surface area contributed by atoms with Crippen molar-refractivity contribution in [2.75, 3.05) is 43.0 Å². The Morgan fingerprint density at radius 1 is 0.897 bits per heavy atom. The molecule has 2 heterocycles. The van der Waals surface area contributed by atoms with Gasteiger partial charge < -0.3 is 19.9 Å². The third kappa shape index (κ3) is 8.19. The van der Waals surface area contributed by atoms with Crippen LogP contribution in [0, 0.1) is 0 Å². The molecule has 4 rings (SSSR count). The largest absolute Gasteiger partial charge is 0.454 e. The van der Waals surface area contributed by atoms with Gasteiger partial charge in [-0.1, -0.05) is 36.4 Å². The van der Waals surface area contributed by atoms with Crippen LogP contribution in [0.25, 0.3) is 0 Å². The molecule has 39 heavy (non-hydrogen) atoms. The first-order valence-corrected chi connectivity index (χ1v) is 11.9. The van der Waals surface area contributed by atoms with Crippen molar-refractivity contribution in [1.29, 1.82) is 0 Å². The summed E-state index contributed by atoms with van der Waals surface area (Å²) in [4.78, 5) is 27.9. The van der Waals surface area contributed by atoms with Gasteiger partial charge in [-0.15, -0.1) is 0 Å². The molecule has 1 aliphatic rings. The average molecular weight is 554 g/mol. The van der Waals surface area contributed by atoms with Crippen LogP contribution in [0.1, 0.15) is 17.5 Å². The Hall–Kier alpha value is -4.10. The lowest BCUT2D eigenvalue weighted by Gasteiger charge is -2.35. The summed E-state index contributed by atoms with van der Waals surface area (Å²) in [6.07, 6.45) is -8.33. The summed E-state index contributed by atoms with van der Waals surface area (Å²) in [6, 6.07) is 13.1. The third-order valence-corrected chi connectivity index (χ3v) is 5.80. The maximum atomic E-state index is 13.1. The number of alkyl halides is 6. The summed E-state index contributed by atoms with van der Waals surface area (Å²) < 4.78 is 82.1. The molecule has 2 aromatic carbocycles. The van der Waals surface area contributed by atoms with Gasteiger partial charge in [-0.05, 0) is 30.2 Å². The number of ether oxygens (including phenoxy) is 1. The number of carbonyl (C=O) groups is 1. The molecule has 1 aliphatic heterocycles. The molecule has 1 aromatic heterocycles. The molecule has 1 saturated heterocycles. The predicted octanol–water partition coefficient (Wildman–Crippen LogP) is 4.86. The highest BCUT2D eigenvalue weighted by Gasteiger charge is 2.31. The molecule has 0 aliphatic carbocycles. The smallest absolute Gasteiger partial charge is 0.422 e. The van der Waals surface area contributed by atoms with E-state index in [2.05, 4.69) is 20.3 Å². The maximum Gasteiger partial charge on any atom is 0.422 e. The average Bonchev–Trinajstić information content (AvgIpc) is 2.90.